The first-order valence-corrected chi connectivity index (χ1v) is 15.3. The fourth-order valence-electron chi connectivity index (χ4n) is 8.21. The summed E-state index contributed by atoms with van der Waals surface area (Å²) in [5.74, 6) is -8.05. The molecule has 2 saturated heterocycles. The van der Waals surface area contributed by atoms with Crippen molar-refractivity contribution in [1.29, 1.82) is 0 Å². The SMILES string of the molecule is COc1ccc(N(C)C)c2c1C1(OCCO1)C1=C(O)[C@@]3(O)[C@@H](C[C@@H]1C2)[C@H](N(C)C)C(OC(C)=O)=C(C(=O)NC(C)=O)C31OCCO1. The molecular weight excluding hydrogens is 602 g/mol. The Balaban J connectivity index is 1.69. The number of aliphatic hydroxyl groups is 2. The van der Waals surface area contributed by atoms with Gasteiger partial charge in [-0.2, -0.15) is 0 Å². The molecule has 6 rings (SSSR count). The quantitative estimate of drug-likeness (QED) is 0.387. The van der Waals surface area contributed by atoms with Gasteiger partial charge >= 0.3 is 5.97 Å². The van der Waals surface area contributed by atoms with E-state index in [1.807, 2.05) is 31.1 Å². The van der Waals surface area contributed by atoms with E-state index < -0.39 is 64.2 Å². The van der Waals surface area contributed by atoms with E-state index in [0.717, 1.165) is 18.2 Å². The molecular formula is C32H41N3O11. The summed E-state index contributed by atoms with van der Waals surface area (Å²) in [6.07, 6.45) is 0.622. The number of anilines is 1. The van der Waals surface area contributed by atoms with Crippen molar-refractivity contribution < 1.29 is 53.0 Å². The molecule has 46 heavy (non-hydrogen) atoms. The molecule has 2 aliphatic heterocycles. The molecule has 2 amide bonds. The van der Waals surface area contributed by atoms with E-state index in [0.29, 0.717) is 17.7 Å². The number of amides is 2. The number of benzene rings is 1. The first-order chi connectivity index (χ1) is 21.7. The van der Waals surface area contributed by atoms with Crippen molar-refractivity contribution in [3.63, 3.8) is 0 Å². The molecule has 0 saturated carbocycles. The lowest BCUT2D eigenvalue weighted by Crippen LogP contribution is -2.72. The second-order valence-electron chi connectivity index (χ2n) is 12.7. The van der Waals surface area contributed by atoms with E-state index >= 15 is 0 Å². The molecule has 2 spiro atoms. The van der Waals surface area contributed by atoms with Crippen LogP contribution in [0.1, 0.15) is 31.4 Å². The first kappa shape index (κ1) is 32.4. The van der Waals surface area contributed by atoms with Crippen LogP contribution in [0.25, 0.3) is 0 Å². The minimum absolute atomic E-state index is 0.0705. The first-order valence-electron chi connectivity index (χ1n) is 15.3. The molecule has 0 unspecified atom stereocenters. The van der Waals surface area contributed by atoms with E-state index in [9.17, 15) is 24.6 Å². The van der Waals surface area contributed by atoms with Gasteiger partial charge in [-0.15, -0.1) is 0 Å². The van der Waals surface area contributed by atoms with Gasteiger partial charge in [0, 0.05) is 45.1 Å². The minimum Gasteiger partial charge on any atom is -0.509 e. The maximum Gasteiger partial charge on any atom is 0.307 e. The van der Waals surface area contributed by atoms with Crippen molar-refractivity contribution in [1.82, 2.24) is 10.2 Å². The molecule has 2 fully saturated rings. The second-order valence-corrected chi connectivity index (χ2v) is 12.7. The van der Waals surface area contributed by atoms with Gasteiger partial charge in [-0.05, 0) is 50.6 Å². The summed E-state index contributed by atoms with van der Waals surface area (Å²) in [6.45, 7) is 2.59. The molecule has 0 bridgehead atoms. The average molecular weight is 644 g/mol. The average Bonchev–Trinajstić information content (AvgIpc) is 3.65. The number of ether oxygens (including phenoxy) is 6. The highest BCUT2D eigenvalue weighted by atomic mass is 16.8. The summed E-state index contributed by atoms with van der Waals surface area (Å²) >= 11 is 0. The van der Waals surface area contributed by atoms with Crippen LogP contribution in [-0.2, 0) is 50.3 Å². The van der Waals surface area contributed by atoms with Gasteiger partial charge in [-0.3, -0.25) is 24.6 Å². The van der Waals surface area contributed by atoms with Crippen molar-refractivity contribution in [3.05, 3.63) is 45.9 Å². The predicted octanol–water partition coefficient (Wildman–Crippen LogP) is 0.863. The Morgan fingerprint density at radius 1 is 1.00 bits per heavy atom. The number of hydrogen-bond acceptors (Lipinski definition) is 13. The van der Waals surface area contributed by atoms with Crippen LogP contribution in [-0.4, -0.2) is 112 Å². The number of aliphatic hydroxyl groups excluding tert-OH is 1. The van der Waals surface area contributed by atoms with Crippen molar-refractivity contribution in [2.24, 2.45) is 11.8 Å². The summed E-state index contributed by atoms with van der Waals surface area (Å²) in [5, 5.41) is 28.0. The Labute approximate surface area is 266 Å². The second kappa shape index (κ2) is 11.3. The summed E-state index contributed by atoms with van der Waals surface area (Å²) in [7, 11) is 8.81. The largest absolute Gasteiger partial charge is 0.509 e. The number of nitrogens with zero attached hydrogens (tertiary/aromatic N) is 2. The number of nitrogens with one attached hydrogen (secondary N) is 1. The van der Waals surface area contributed by atoms with E-state index in [1.165, 1.54) is 14.0 Å². The van der Waals surface area contributed by atoms with Gasteiger partial charge in [-0.25, -0.2) is 0 Å². The van der Waals surface area contributed by atoms with Gasteiger partial charge < -0.3 is 43.5 Å². The van der Waals surface area contributed by atoms with Gasteiger partial charge in [-0.1, -0.05) is 0 Å². The minimum atomic E-state index is -2.44. The molecule has 3 aliphatic carbocycles. The highest BCUT2D eigenvalue weighted by molar-refractivity contribution is 6.06. The van der Waals surface area contributed by atoms with Crippen molar-refractivity contribution >= 4 is 23.5 Å². The topological polar surface area (TPSA) is 166 Å². The van der Waals surface area contributed by atoms with Gasteiger partial charge in [0.2, 0.25) is 17.5 Å². The molecule has 1 aromatic rings. The number of imide groups is 1. The number of hydrogen-bond donors (Lipinski definition) is 3. The van der Waals surface area contributed by atoms with Gasteiger partial charge in [0.15, 0.2) is 5.60 Å². The molecule has 5 aliphatic rings. The zero-order chi connectivity index (χ0) is 33.3. The van der Waals surface area contributed by atoms with Crippen LogP contribution < -0.4 is 15.0 Å². The van der Waals surface area contributed by atoms with Crippen LogP contribution in [0.3, 0.4) is 0 Å². The fourth-order valence-corrected chi connectivity index (χ4v) is 8.21. The zero-order valence-corrected chi connectivity index (χ0v) is 27.1. The third-order valence-electron chi connectivity index (χ3n) is 9.63. The molecule has 0 aromatic heterocycles. The Bertz CT molecular complexity index is 1540. The molecule has 14 nitrogen and oxygen atoms in total. The Kier molecular flexibility index (Phi) is 7.97. The lowest BCUT2D eigenvalue weighted by molar-refractivity contribution is -0.282. The van der Waals surface area contributed by atoms with E-state index in [-0.39, 0.29) is 44.2 Å². The Hall–Kier alpha value is -3.53. The Morgan fingerprint density at radius 3 is 2.17 bits per heavy atom. The fraction of sp³-hybridized carbons (Fsp3) is 0.594. The highest BCUT2D eigenvalue weighted by Gasteiger charge is 2.75. The van der Waals surface area contributed by atoms with Crippen molar-refractivity contribution in [2.45, 2.75) is 49.9 Å². The summed E-state index contributed by atoms with van der Waals surface area (Å²) in [5.41, 5.74) is -0.219. The van der Waals surface area contributed by atoms with Crippen molar-refractivity contribution in [3.8, 4) is 5.75 Å². The summed E-state index contributed by atoms with van der Waals surface area (Å²) in [6, 6.07) is 2.81. The molecule has 14 heteroatoms. The van der Waals surface area contributed by atoms with E-state index in [1.54, 1.807) is 19.0 Å². The van der Waals surface area contributed by atoms with Crippen LogP contribution in [0, 0.1) is 11.8 Å². The van der Waals surface area contributed by atoms with Crippen molar-refractivity contribution in [2.75, 3.05) is 66.6 Å². The molecule has 1 aromatic carbocycles. The smallest absolute Gasteiger partial charge is 0.307 e. The maximum atomic E-state index is 13.9. The normalized spacial score (nSPS) is 29.0. The highest BCUT2D eigenvalue weighted by Crippen LogP contribution is 2.64. The lowest BCUT2D eigenvalue weighted by atomic mass is 9.56. The maximum absolute atomic E-state index is 13.9. The number of rotatable bonds is 5. The number of carbonyl (C=O) groups is 3. The predicted molar refractivity (Wildman–Crippen MR) is 161 cm³/mol. The third kappa shape index (κ3) is 4.34. The monoisotopic (exact) mass is 643 g/mol. The number of fused-ring (bicyclic) bond motifs is 6. The summed E-state index contributed by atoms with van der Waals surface area (Å²) in [4.78, 5) is 42.3. The molecule has 2 heterocycles. The summed E-state index contributed by atoms with van der Waals surface area (Å²) < 4.78 is 36.7. The number of esters is 1. The van der Waals surface area contributed by atoms with Gasteiger partial charge in [0.1, 0.15) is 22.8 Å². The van der Waals surface area contributed by atoms with Crippen LogP contribution in [0.15, 0.2) is 34.8 Å². The van der Waals surface area contributed by atoms with Crippen LogP contribution >= 0.6 is 0 Å². The molecule has 0 radical (unpaired) electrons. The van der Waals surface area contributed by atoms with Crippen LogP contribution in [0.5, 0.6) is 5.75 Å². The number of likely N-dealkylation sites (N-methyl/N-ethyl adjacent to an activating group) is 1. The Morgan fingerprint density at radius 2 is 1.63 bits per heavy atom. The number of carbonyl (C=O) groups excluding carboxylic acids is 3. The van der Waals surface area contributed by atoms with Crippen LogP contribution in [0.2, 0.25) is 0 Å². The molecule has 4 atom stereocenters. The van der Waals surface area contributed by atoms with E-state index in [2.05, 4.69) is 5.32 Å². The standard InChI is InChI=1S/C32H41N3O11/c1-16(36)33-29(39)25-27(46-17(2)37)26(35(5)6)20-15-18-14-19-21(34(3)4)8-9-22(41-7)24(19)31(42-10-11-43-31)23(18)28(38)30(20,40)32(25)44-12-13-45-32/h8-9,18,20,26,38,40H,10-15H2,1-7H3,(H,33,36,39)/t18-,20-,26-,30-/m0/s1. The molecule has 3 N–H and O–H groups in total. The zero-order valence-electron chi connectivity index (χ0n) is 27.1. The van der Waals surface area contributed by atoms with Crippen LogP contribution in [0.4, 0.5) is 5.69 Å². The van der Waals surface area contributed by atoms with Gasteiger partial charge in [0.05, 0.1) is 45.1 Å². The van der Waals surface area contributed by atoms with Gasteiger partial charge in [0.25, 0.3) is 5.91 Å². The van der Waals surface area contributed by atoms with E-state index in [4.69, 9.17) is 28.4 Å². The number of methoxy groups -OCH3 is 1. The third-order valence-corrected chi connectivity index (χ3v) is 9.63. The lowest BCUT2D eigenvalue weighted by Gasteiger charge is -2.59. The molecule has 250 valence electrons.